The zero-order valence-corrected chi connectivity index (χ0v) is 10.8. The lowest BCUT2D eigenvalue weighted by molar-refractivity contribution is -0.389. The van der Waals surface area contributed by atoms with Crippen molar-refractivity contribution in [3.8, 4) is 0 Å². The molecule has 0 aliphatic heterocycles. The van der Waals surface area contributed by atoms with Crippen LogP contribution in [0.1, 0.15) is 26.2 Å². The molecule has 0 radical (unpaired) electrons. The van der Waals surface area contributed by atoms with Gasteiger partial charge >= 0.3 is 5.82 Å². The Morgan fingerprint density at radius 3 is 3.00 bits per heavy atom. The van der Waals surface area contributed by atoms with Crippen LogP contribution in [0.5, 0.6) is 0 Å². The third-order valence-corrected chi connectivity index (χ3v) is 2.61. The summed E-state index contributed by atoms with van der Waals surface area (Å²) in [6.07, 6.45) is 4.23. The van der Waals surface area contributed by atoms with Gasteiger partial charge in [0.25, 0.3) is 0 Å². The Bertz CT molecular complexity index is 432. The minimum absolute atomic E-state index is 0.0109. The largest absolute Gasteiger partial charge is 0.396 e. The van der Waals surface area contributed by atoms with E-state index in [1.165, 1.54) is 17.1 Å². The summed E-state index contributed by atoms with van der Waals surface area (Å²) in [6.45, 7) is 2.33. The SMILES string of the molecule is CC(CCCO)NC(=O)CCn1cnc([N+](=O)[O-])c1. The molecule has 0 saturated carbocycles. The van der Waals surface area contributed by atoms with Crippen molar-refractivity contribution in [3.05, 3.63) is 22.6 Å². The Hall–Kier alpha value is -1.96. The number of hydrogen-bond donors (Lipinski definition) is 2. The second kappa shape index (κ2) is 7.47. The molecule has 0 aliphatic carbocycles. The first-order valence-electron chi connectivity index (χ1n) is 6.09. The van der Waals surface area contributed by atoms with Gasteiger partial charge in [-0.05, 0) is 29.7 Å². The maximum Gasteiger partial charge on any atom is 0.381 e. The van der Waals surface area contributed by atoms with Gasteiger partial charge in [-0.3, -0.25) is 4.79 Å². The number of aliphatic hydroxyl groups excluding tert-OH is 1. The second-order valence-corrected chi connectivity index (χ2v) is 4.31. The summed E-state index contributed by atoms with van der Waals surface area (Å²) in [5.74, 6) is -0.349. The number of carbonyl (C=O) groups excluding carboxylic acids is 1. The third-order valence-electron chi connectivity index (χ3n) is 2.61. The number of aromatic nitrogens is 2. The van der Waals surface area contributed by atoms with Crippen molar-refractivity contribution in [1.82, 2.24) is 14.9 Å². The third kappa shape index (κ3) is 5.47. The standard InChI is InChI=1S/C11H18N4O4/c1-9(3-2-6-16)13-11(17)4-5-14-7-10(12-8-14)15(18)19/h7-9,16H,2-6H2,1H3,(H,13,17). The van der Waals surface area contributed by atoms with E-state index < -0.39 is 4.92 Å². The normalized spacial score (nSPS) is 12.1. The Morgan fingerprint density at radius 1 is 1.68 bits per heavy atom. The van der Waals surface area contributed by atoms with Gasteiger partial charge in [-0.25, -0.2) is 0 Å². The molecule has 19 heavy (non-hydrogen) atoms. The molecule has 0 fully saturated rings. The Morgan fingerprint density at radius 2 is 2.42 bits per heavy atom. The molecule has 106 valence electrons. The van der Waals surface area contributed by atoms with Crippen LogP contribution in [0.15, 0.2) is 12.5 Å². The predicted octanol–water partition coefficient (Wildman–Crippen LogP) is 0.459. The Balaban J connectivity index is 2.31. The highest BCUT2D eigenvalue weighted by Gasteiger charge is 2.11. The molecule has 1 aromatic rings. The molecule has 0 bridgehead atoms. The summed E-state index contributed by atoms with van der Waals surface area (Å²) >= 11 is 0. The van der Waals surface area contributed by atoms with Crippen LogP contribution in [0.3, 0.4) is 0 Å². The molecule has 1 atom stereocenters. The van der Waals surface area contributed by atoms with Crippen LogP contribution in [-0.4, -0.2) is 38.1 Å². The van der Waals surface area contributed by atoms with E-state index in [9.17, 15) is 14.9 Å². The van der Waals surface area contributed by atoms with Crippen LogP contribution in [-0.2, 0) is 11.3 Å². The number of nitrogens with one attached hydrogen (secondary N) is 1. The van der Waals surface area contributed by atoms with Crippen molar-refractivity contribution in [3.63, 3.8) is 0 Å². The number of carbonyl (C=O) groups is 1. The van der Waals surface area contributed by atoms with Gasteiger partial charge in [-0.1, -0.05) is 0 Å². The smallest absolute Gasteiger partial charge is 0.381 e. The molecular weight excluding hydrogens is 252 g/mol. The average molecular weight is 270 g/mol. The van der Waals surface area contributed by atoms with E-state index in [0.29, 0.717) is 13.0 Å². The maximum absolute atomic E-state index is 11.6. The predicted molar refractivity (Wildman–Crippen MR) is 67.4 cm³/mol. The zero-order valence-electron chi connectivity index (χ0n) is 10.8. The monoisotopic (exact) mass is 270 g/mol. The van der Waals surface area contributed by atoms with Crippen LogP contribution in [0.2, 0.25) is 0 Å². The molecule has 8 nitrogen and oxygen atoms in total. The van der Waals surface area contributed by atoms with Crippen LogP contribution in [0.4, 0.5) is 5.82 Å². The van der Waals surface area contributed by atoms with Gasteiger partial charge in [0, 0.05) is 25.6 Å². The molecule has 0 saturated heterocycles. The highest BCUT2D eigenvalue weighted by atomic mass is 16.6. The highest BCUT2D eigenvalue weighted by molar-refractivity contribution is 5.76. The first-order chi connectivity index (χ1) is 9.02. The van der Waals surface area contributed by atoms with Crippen LogP contribution in [0.25, 0.3) is 0 Å². The summed E-state index contributed by atoms with van der Waals surface area (Å²) < 4.78 is 1.51. The van der Waals surface area contributed by atoms with Crippen LogP contribution < -0.4 is 5.32 Å². The van der Waals surface area contributed by atoms with Crippen molar-refractivity contribution < 1.29 is 14.8 Å². The number of amides is 1. The lowest BCUT2D eigenvalue weighted by atomic mass is 10.2. The number of hydrogen-bond acceptors (Lipinski definition) is 5. The van der Waals surface area contributed by atoms with Crippen molar-refractivity contribution in [2.75, 3.05) is 6.61 Å². The summed E-state index contributed by atoms with van der Waals surface area (Å²) in [5.41, 5.74) is 0. The molecule has 1 unspecified atom stereocenters. The summed E-state index contributed by atoms with van der Waals surface area (Å²) in [5, 5.41) is 21.9. The summed E-state index contributed by atoms with van der Waals surface area (Å²) in [6, 6.07) is 0.0109. The van der Waals surface area contributed by atoms with Gasteiger partial charge < -0.3 is 25.1 Å². The number of aliphatic hydroxyl groups is 1. The lowest BCUT2D eigenvalue weighted by Gasteiger charge is -2.12. The fourth-order valence-electron chi connectivity index (χ4n) is 1.61. The number of imidazole rings is 1. The Labute approximate surface area is 110 Å². The minimum atomic E-state index is -0.576. The number of nitro groups is 1. The van der Waals surface area contributed by atoms with Crippen LogP contribution >= 0.6 is 0 Å². The summed E-state index contributed by atoms with van der Waals surface area (Å²) in [4.78, 5) is 25.0. The molecule has 1 aromatic heterocycles. The van der Waals surface area contributed by atoms with Gasteiger partial charge in [0.1, 0.15) is 6.20 Å². The fourth-order valence-corrected chi connectivity index (χ4v) is 1.61. The van der Waals surface area contributed by atoms with Crippen molar-refractivity contribution in [2.45, 2.75) is 38.8 Å². The van der Waals surface area contributed by atoms with E-state index in [0.717, 1.165) is 6.42 Å². The van der Waals surface area contributed by atoms with Crippen molar-refractivity contribution >= 4 is 11.7 Å². The topological polar surface area (TPSA) is 110 Å². The highest BCUT2D eigenvalue weighted by Crippen LogP contribution is 2.06. The fraction of sp³-hybridized carbons (Fsp3) is 0.636. The average Bonchev–Trinajstić information content (AvgIpc) is 2.83. The molecule has 1 heterocycles. The maximum atomic E-state index is 11.6. The van der Waals surface area contributed by atoms with E-state index in [4.69, 9.17) is 5.11 Å². The number of aryl methyl sites for hydroxylation is 1. The summed E-state index contributed by atoms with van der Waals surface area (Å²) in [7, 11) is 0. The van der Waals surface area contributed by atoms with Gasteiger partial charge in [0.15, 0.2) is 0 Å². The molecule has 0 spiro atoms. The minimum Gasteiger partial charge on any atom is -0.396 e. The number of nitrogens with zero attached hydrogens (tertiary/aromatic N) is 3. The molecular formula is C11H18N4O4. The van der Waals surface area contributed by atoms with E-state index in [-0.39, 0.29) is 30.8 Å². The first kappa shape index (κ1) is 15.1. The van der Waals surface area contributed by atoms with E-state index in [1.807, 2.05) is 6.92 Å². The van der Waals surface area contributed by atoms with Crippen molar-refractivity contribution in [1.29, 1.82) is 0 Å². The second-order valence-electron chi connectivity index (χ2n) is 4.31. The molecule has 0 aromatic carbocycles. The lowest BCUT2D eigenvalue weighted by Crippen LogP contribution is -2.33. The molecule has 2 N–H and O–H groups in total. The van der Waals surface area contributed by atoms with Crippen molar-refractivity contribution in [2.24, 2.45) is 0 Å². The first-order valence-corrected chi connectivity index (χ1v) is 6.09. The Kier molecular flexibility index (Phi) is 5.94. The van der Waals surface area contributed by atoms with Gasteiger partial charge in [-0.2, -0.15) is 0 Å². The van der Waals surface area contributed by atoms with Gasteiger partial charge in [0.05, 0.1) is 0 Å². The van der Waals surface area contributed by atoms with Crippen LogP contribution in [0, 0.1) is 10.1 Å². The quantitative estimate of drug-likeness (QED) is 0.526. The van der Waals surface area contributed by atoms with E-state index in [1.54, 1.807) is 0 Å². The van der Waals surface area contributed by atoms with E-state index in [2.05, 4.69) is 10.3 Å². The molecule has 1 rings (SSSR count). The van der Waals surface area contributed by atoms with Gasteiger partial charge in [0.2, 0.25) is 12.2 Å². The number of rotatable bonds is 8. The van der Waals surface area contributed by atoms with E-state index >= 15 is 0 Å². The molecule has 0 aliphatic rings. The molecule has 8 heteroatoms. The van der Waals surface area contributed by atoms with Gasteiger partial charge in [-0.15, -0.1) is 0 Å². The zero-order chi connectivity index (χ0) is 14.3. The molecule has 1 amide bonds.